The summed E-state index contributed by atoms with van der Waals surface area (Å²) in [6, 6.07) is 25.4. The lowest BCUT2D eigenvalue weighted by Crippen LogP contribution is -2.20. The molecule has 3 aromatic rings. The molecule has 2 N–H and O–H groups in total. The Morgan fingerprint density at radius 1 is 0.750 bits per heavy atom. The first-order chi connectivity index (χ1) is 11.7. The van der Waals surface area contributed by atoms with E-state index in [1.54, 1.807) is 11.8 Å². The second kappa shape index (κ2) is 7.70. The largest absolute Gasteiger partial charge is 0.323 e. The number of hydrogen-bond donors (Lipinski definition) is 2. The van der Waals surface area contributed by atoms with Crippen molar-refractivity contribution in [1.82, 2.24) is 0 Å². The fourth-order valence-electron chi connectivity index (χ4n) is 2.26. The number of para-hydroxylation sites is 2. The fraction of sp³-hybridized carbons (Fsp3) is 0.0500. The van der Waals surface area contributed by atoms with Gasteiger partial charge in [-0.25, -0.2) is 4.79 Å². The predicted octanol–water partition coefficient (Wildman–Crippen LogP) is 5.79. The average Bonchev–Trinajstić information content (AvgIpc) is 2.60. The number of carbonyl (C=O) groups excluding carboxylic acids is 1. The van der Waals surface area contributed by atoms with Crippen molar-refractivity contribution in [2.24, 2.45) is 0 Å². The predicted molar refractivity (Wildman–Crippen MR) is 101 cm³/mol. The van der Waals surface area contributed by atoms with Gasteiger partial charge in [0.1, 0.15) is 0 Å². The van der Waals surface area contributed by atoms with Crippen LogP contribution in [0.5, 0.6) is 0 Å². The first-order valence-corrected chi connectivity index (χ1v) is 8.49. The van der Waals surface area contributed by atoms with E-state index in [1.165, 1.54) is 0 Å². The van der Waals surface area contributed by atoms with Gasteiger partial charge in [0.25, 0.3) is 0 Å². The highest BCUT2D eigenvalue weighted by atomic mass is 32.2. The molecule has 0 aliphatic rings. The maximum absolute atomic E-state index is 12.3. The molecule has 0 fully saturated rings. The highest BCUT2D eigenvalue weighted by Gasteiger charge is 2.08. The van der Waals surface area contributed by atoms with Crippen molar-refractivity contribution in [2.75, 3.05) is 10.6 Å². The molecule has 0 saturated carbocycles. The van der Waals surface area contributed by atoms with Crippen LogP contribution in [-0.2, 0) is 0 Å². The maximum atomic E-state index is 12.3. The minimum absolute atomic E-state index is 0.245. The quantitative estimate of drug-likeness (QED) is 0.634. The van der Waals surface area contributed by atoms with Gasteiger partial charge in [-0.2, -0.15) is 0 Å². The molecule has 0 radical (unpaired) electrons. The van der Waals surface area contributed by atoms with Crippen LogP contribution in [0.4, 0.5) is 16.2 Å². The van der Waals surface area contributed by atoms with E-state index in [-0.39, 0.29) is 6.03 Å². The Morgan fingerprint density at radius 3 is 2.08 bits per heavy atom. The Bertz CT molecular complexity index is 834. The van der Waals surface area contributed by atoms with Gasteiger partial charge in [-0.15, -0.1) is 0 Å². The molecular formula is C20H18N2OS. The molecule has 0 heterocycles. The molecule has 2 amide bonds. The standard InChI is InChI=1S/C20H18N2OS/c1-15-9-5-6-12-17(15)21-20(23)22-18-13-7-8-14-19(18)24-16-10-3-2-4-11-16/h2-14H,1H3,(H2,21,22,23). The molecule has 24 heavy (non-hydrogen) atoms. The van der Waals surface area contributed by atoms with Crippen molar-refractivity contribution < 1.29 is 4.79 Å². The molecule has 4 heteroatoms. The van der Waals surface area contributed by atoms with Gasteiger partial charge in [0.05, 0.1) is 5.69 Å². The summed E-state index contributed by atoms with van der Waals surface area (Å²) in [5.74, 6) is 0. The van der Waals surface area contributed by atoms with Crippen LogP contribution in [0, 0.1) is 6.92 Å². The van der Waals surface area contributed by atoms with Crippen molar-refractivity contribution in [1.29, 1.82) is 0 Å². The van der Waals surface area contributed by atoms with Crippen LogP contribution in [0.25, 0.3) is 0 Å². The SMILES string of the molecule is Cc1ccccc1NC(=O)Nc1ccccc1Sc1ccccc1. The van der Waals surface area contributed by atoms with Gasteiger partial charge in [0, 0.05) is 15.5 Å². The summed E-state index contributed by atoms with van der Waals surface area (Å²) in [7, 11) is 0. The summed E-state index contributed by atoms with van der Waals surface area (Å²) in [5, 5.41) is 5.83. The van der Waals surface area contributed by atoms with Crippen molar-refractivity contribution in [2.45, 2.75) is 16.7 Å². The van der Waals surface area contributed by atoms with Crippen LogP contribution >= 0.6 is 11.8 Å². The van der Waals surface area contributed by atoms with Crippen LogP contribution in [0.15, 0.2) is 88.7 Å². The third-order valence-corrected chi connectivity index (χ3v) is 4.58. The number of carbonyl (C=O) groups is 1. The molecule has 0 saturated heterocycles. The van der Waals surface area contributed by atoms with E-state index in [0.717, 1.165) is 26.7 Å². The third kappa shape index (κ3) is 4.18. The zero-order valence-corrected chi connectivity index (χ0v) is 14.1. The number of hydrogen-bond acceptors (Lipinski definition) is 2. The van der Waals surface area contributed by atoms with Gasteiger partial charge in [0.2, 0.25) is 0 Å². The lowest BCUT2D eigenvalue weighted by atomic mass is 10.2. The normalized spacial score (nSPS) is 10.2. The lowest BCUT2D eigenvalue weighted by Gasteiger charge is -2.12. The Kier molecular flexibility index (Phi) is 5.18. The van der Waals surface area contributed by atoms with Gasteiger partial charge < -0.3 is 10.6 Å². The van der Waals surface area contributed by atoms with E-state index in [2.05, 4.69) is 22.8 Å². The summed E-state index contributed by atoms with van der Waals surface area (Å²) in [6.45, 7) is 1.97. The smallest absolute Gasteiger partial charge is 0.307 e. The van der Waals surface area contributed by atoms with E-state index in [9.17, 15) is 4.79 Å². The topological polar surface area (TPSA) is 41.1 Å². The van der Waals surface area contributed by atoms with Crippen LogP contribution < -0.4 is 10.6 Å². The summed E-state index contributed by atoms with van der Waals surface area (Å²) in [4.78, 5) is 14.4. The first kappa shape index (κ1) is 16.1. The summed E-state index contributed by atoms with van der Waals surface area (Å²) >= 11 is 1.62. The van der Waals surface area contributed by atoms with Crippen molar-refractivity contribution in [3.05, 3.63) is 84.4 Å². The number of benzene rings is 3. The molecule has 0 aliphatic carbocycles. The zero-order chi connectivity index (χ0) is 16.8. The molecule has 0 unspecified atom stereocenters. The molecule has 3 rings (SSSR count). The highest BCUT2D eigenvalue weighted by molar-refractivity contribution is 7.99. The number of rotatable bonds is 4. The third-order valence-electron chi connectivity index (χ3n) is 3.50. The molecule has 120 valence electrons. The monoisotopic (exact) mass is 334 g/mol. The van der Waals surface area contributed by atoms with Gasteiger partial charge in [-0.05, 0) is 42.8 Å². The molecule has 0 aromatic heterocycles. The number of aryl methyl sites for hydroxylation is 1. The molecular weight excluding hydrogens is 316 g/mol. The van der Waals surface area contributed by atoms with Gasteiger partial charge in [0.15, 0.2) is 0 Å². The van der Waals surface area contributed by atoms with Gasteiger partial charge in [-0.3, -0.25) is 0 Å². The van der Waals surface area contributed by atoms with E-state index < -0.39 is 0 Å². The minimum Gasteiger partial charge on any atom is -0.307 e. The number of amides is 2. The van der Waals surface area contributed by atoms with Crippen molar-refractivity contribution in [3.8, 4) is 0 Å². The summed E-state index contributed by atoms with van der Waals surface area (Å²) in [5.41, 5.74) is 2.63. The fourth-order valence-corrected chi connectivity index (χ4v) is 3.19. The second-order valence-electron chi connectivity index (χ2n) is 5.31. The maximum Gasteiger partial charge on any atom is 0.323 e. The number of anilines is 2. The highest BCUT2D eigenvalue weighted by Crippen LogP contribution is 2.33. The molecule has 3 aromatic carbocycles. The van der Waals surface area contributed by atoms with E-state index >= 15 is 0 Å². The van der Waals surface area contributed by atoms with E-state index in [1.807, 2.05) is 73.7 Å². The number of nitrogens with one attached hydrogen (secondary N) is 2. The van der Waals surface area contributed by atoms with Crippen molar-refractivity contribution in [3.63, 3.8) is 0 Å². The zero-order valence-electron chi connectivity index (χ0n) is 13.3. The Morgan fingerprint density at radius 2 is 1.33 bits per heavy atom. The molecule has 3 nitrogen and oxygen atoms in total. The Labute approximate surface area is 146 Å². The van der Waals surface area contributed by atoms with Crippen molar-refractivity contribution >= 4 is 29.2 Å². The first-order valence-electron chi connectivity index (χ1n) is 7.68. The van der Waals surface area contributed by atoms with Crippen LogP contribution in [-0.4, -0.2) is 6.03 Å². The lowest BCUT2D eigenvalue weighted by molar-refractivity contribution is 0.262. The van der Waals surface area contributed by atoms with E-state index in [4.69, 9.17) is 0 Å². The average molecular weight is 334 g/mol. The summed E-state index contributed by atoms with van der Waals surface area (Å²) in [6.07, 6.45) is 0. The van der Waals surface area contributed by atoms with Crippen LogP contribution in [0.2, 0.25) is 0 Å². The van der Waals surface area contributed by atoms with Gasteiger partial charge >= 0.3 is 6.03 Å². The Hall–Kier alpha value is -2.72. The number of urea groups is 1. The molecule has 0 spiro atoms. The molecule has 0 atom stereocenters. The van der Waals surface area contributed by atoms with Crippen LogP contribution in [0.3, 0.4) is 0 Å². The van der Waals surface area contributed by atoms with Gasteiger partial charge in [-0.1, -0.05) is 60.3 Å². The Balaban J connectivity index is 1.73. The molecule has 0 bridgehead atoms. The summed E-state index contributed by atoms with van der Waals surface area (Å²) < 4.78 is 0. The minimum atomic E-state index is -0.245. The van der Waals surface area contributed by atoms with E-state index in [0.29, 0.717) is 0 Å². The second-order valence-corrected chi connectivity index (χ2v) is 6.42. The molecule has 0 aliphatic heterocycles. The van der Waals surface area contributed by atoms with Crippen LogP contribution in [0.1, 0.15) is 5.56 Å².